The Morgan fingerprint density at radius 1 is 1.53 bits per heavy atom. The summed E-state index contributed by atoms with van der Waals surface area (Å²) in [4.78, 5) is 6.09. The summed E-state index contributed by atoms with van der Waals surface area (Å²) in [6.45, 7) is 1.59. The first kappa shape index (κ1) is 9.77. The summed E-state index contributed by atoms with van der Waals surface area (Å²) in [5.74, 6) is 0.343. The van der Waals surface area contributed by atoms with Gasteiger partial charge < -0.3 is 9.64 Å². The number of ether oxygens (including phenoxy) is 1. The van der Waals surface area contributed by atoms with Crippen molar-refractivity contribution in [2.75, 3.05) is 18.1 Å². The van der Waals surface area contributed by atoms with Gasteiger partial charge in [-0.3, -0.25) is 0 Å². The Balaban J connectivity index is 1.93. The van der Waals surface area contributed by atoms with E-state index in [4.69, 9.17) is 4.74 Å². The maximum atomic E-state index is 13.1. The van der Waals surface area contributed by atoms with E-state index >= 15 is 0 Å². The van der Waals surface area contributed by atoms with Gasteiger partial charge in [-0.05, 0) is 35.1 Å². The Morgan fingerprint density at radius 2 is 2.40 bits per heavy atom. The lowest BCUT2D eigenvalue weighted by molar-refractivity contribution is 0.0988. The SMILES string of the molecule is Fc1cc(I)cc(N2C[C@H]3C[C@@H]2CO3)n1. The molecule has 2 fully saturated rings. The fraction of sp³-hybridized carbons (Fsp3) is 0.500. The quantitative estimate of drug-likeness (QED) is 0.583. The molecule has 0 amide bonds. The molecule has 3 heterocycles. The molecule has 3 rings (SSSR count). The van der Waals surface area contributed by atoms with Crippen molar-refractivity contribution in [2.24, 2.45) is 0 Å². The second-order valence-electron chi connectivity index (χ2n) is 3.96. The number of anilines is 1. The highest BCUT2D eigenvalue weighted by Crippen LogP contribution is 2.31. The fourth-order valence-corrected chi connectivity index (χ4v) is 2.82. The van der Waals surface area contributed by atoms with Crippen molar-refractivity contribution in [1.82, 2.24) is 4.98 Å². The third-order valence-electron chi connectivity index (χ3n) is 2.94. The molecule has 0 spiro atoms. The lowest BCUT2D eigenvalue weighted by Crippen LogP contribution is -2.37. The van der Waals surface area contributed by atoms with E-state index in [0.29, 0.717) is 12.1 Å². The zero-order valence-electron chi connectivity index (χ0n) is 7.99. The molecule has 2 saturated heterocycles. The molecule has 15 heavy (non-hydrogen) atoms. The second-order valence-corrected chi connectivity index (χ2v) is 5.21. The minimum atomic E-state index is -0.402. The minimum absolute atomic E-state index is 0.317. The number of aromatic nitrogens is 1. The van der Waals surface area contributed by atoms with Gasteiger partial charge in [0.05, 0.1) is 18.8 Å². The number of fused-ring (bicyclic) bond motifs is 2. The topological polar surface area (TPSA) is 25.4 Å². The number of hydrogen-bond acceptors (Lipinski definition) is 3. The summed E-state index contributed by atoms with van der Waals surface area (Å²) in [6, 6.07) is 3.75. The largest absolute Gasteiger partial charge is 0.374 e. The number of halogens is 2. The monoisotopic (exact) mass is 320 g/mol. The molecule has 0 N–H and O–H groups in total. The van der Waals surface area contributed by atoms with Crippen LogP contribution in [0.1, 0.15) is 6.42 Å². The van der Waals surface area contributed by atoms with Gasteiger partial charge in [0, 0.05) is 16.2 Å². The third kappa shape index (κ3) is 1.71. The van der Waals surface area contributed by atoms with E-state index < -0.39 is 5.95 Å². The molecule has 5 heteroatoms. The van der Waals surface area contributed by atoms with Crippen molar-refractivity contribution in [3.63, 3.8) is 0 Å². The van der Waals surface area contributed by atoms with Crippen molar-refractivity contribution < 1.29 is 9.13 Å². The molecule has 3 nitrogen and oxygen atoms in total. The van der Waals surface area contributed by atoms with Gasteiger partial charge in [0.25, 0.3) is 0 Å². The summed E-state index contributed by atoms with van der Waals surface area (Å²) in [6.07, 6.45) is 1.37. The molecule has 2 aliphatic rings. The number of hydrogen-bond donors (Lipinski definition) is 0. The van der Waals surface area contributed by atoms with Crippen LogP contribution in [0.2, 0.25) is 0 Å². The first-order valence-corrected chi connectivity index (χ1v) is 6.01. The Kier molecular flexibility index (Phi) is 2.31. The first-order chi connectivity index (χ1) is 7.22. The lowest BCUT2D eigenvalue weighted by Gasteiger charge is -2.27. The van der Waals surface area contributed by atoms with Crippen molar-refractivity contribution in [3.05, 3.63) is 21.7 Å². The van der Waals surface area contributed by atoms with Gasteiger partial charge in [0.1, 0.15) is 5.82 Å². The van der Waals surface area contributed by atoms with Crippen molar-refractivity contribution in [1.29, 1.82) is 0 Å². The summed E-state index contributed by atoms with van der Waals surface area (Å²) in [7, 11) is 0. The molecule has 2 atom stereocenters. The normalized spacial score (nSPS) is 28.8. The minimum Gasteiger partial charge on any atom is -0.374 e. The number of morpholine rings is 1. The number of nitrogens with zero attached hydrogens (tertiary/aromatic N) is 2. The van der Waals surface area contributed by atoms with Crippen molar-refractivity contribution in [2.45, 2.75) is 18.6 Å². The van der Waals surface area contributed by atoms with Crippen LogP contribution < -0.4 is 4.90 Å². The van der Waals surface area contributed by atoms with Gasteiger partial charge in [-0.1, -0.05) is 0 Å². The summed E-state index contributed by atoms with van der Waals surface area (Å²) < 4.78 is 19.5. The zero-order chi connectivity index (χ0) is 10.4. The molecule has 0 radical (unpaired) electrons. The van der Waals surface area contributed by atoms with E-state index in [9.17, 15) is 4.39 Å². The van der Waals surface area contributed by atoms with Crippen LogP contribution >= 0.6 is 22.6 Å². The van der Waals surface area contributed by atoms with Crippen molar-refractivity contribution in [3.8, 4) is 0 Å². The smallest absolute Gasteiger partial charge is 0.215 e. The summed E-state index contributed by atoms with van der Waals surface area (Å²) in [5.41, 5.74) is 0. The molecule has 2 aliphatic heterocycles. The van der Waals surface area contributed by atoms with Crippen molar-refractivity contribution >= 4 is 28.4 Å². The van der Waals surface area contributed by atoms with E-state index in [1.54, 1.807) is 0 Å². The molecule has 1 aromatic rings. The highest BCUT2D eigenvalue weighted by Gasteiger charge is 2.39. The van der Waals surface area contributed by atoms with Gasteiger partial charge in [0.2, 0.25) is 5.95 Å². The van der Waals surface area contributed by atoms with E-state index in [2.05, 4.69) is 32.5 Å². The number of rotatable bonds is 1. The Labute approximate surface area is 101 Å². The van der Waals surface area contributed by atoms with Gasteiger partial charge in [-0.25, -0.2) is 4.98 Å². The van der Waals surface area contributed by atoms with E-state index in [1.807, 2.05) is 6.07 Å². The third-order valence-corrected chi connectivity index (χ3v) is 3.56. The van der Waals surface area contributed by atoms with Crippen LogP contribution in [0.15, 0.2) is 12.1 Å². The van der Waals surface area contributed by atoms with Crippen LogP contribution in [0.3, 0.4) is 0 Å². The summed E-state index contributed by atoms with van der Waals surface area (Å²) >= 11 is 2.11. The Bertz CT molecular complexity index is 381. The van der Waals surface area contributed by atoms with E-state index in [0.717, 1.165) is 29.0 Å². The molecule has 0 aromatic carbocycles. The second kappa shape index (κ2) is 3.55. The molecular formula is C10H10FIN2O. The molecular weight excluding hydrogens is 310 g/mol. The van der Waals surface area contributed by atoms with E-state index in [1.165, 1.54) is 6.07 Å². The standard InChI is InChI=1S/C10H10FIN2O/c11-9-1-6(12)2-10(13-9)14-4-8-3-7(14)5-15-8/h1-2,7-8H,3-5H2/t7-,8-/m1/s1. The first-order valence-electron chi connectivity index (χ1n) is 4.94. The molecule has 0 aliphatic carbocycles. The van der Waals surface area contributed by atoms with Crippen LogP contribution in [0.4, 0.5) is 10.2 Å². The predicted octanol–water partition coefficient (Wildman–Crippen LogP) is 1.80. The average Bonchev–Trinajstić information content (AvgIpc) is 2.76. The maximum Gasteiger partial charge on any atom is 0.215 e. The van der Waals surface area contributed by atoms with Crippen LogP contribution in [-0.2, 0) is 4.74 Å². The average molecular weight is 320 g/mol. The highest BCUT2D eigenvalue weighted by molar-refractivity contribution is 14.1. The van der Waals surface area contributed by atoms with Gasteiger partial charge in [-0.2, -0.15) is 4.39 Å². The Morgan fingerprint density at radius 3 is 3.00 bits per heavy atom. The van der Waals surface area contributed by atoms with Gasteiger partial charge in [0.15, 0.2) is 0 Å². The van der Waals surface area contributed by atoms with E-state index in [-0.39, 0.29) is 0 Å². The molecule has 0 saturated carbocycles. The molecule has 80 valence electrons. The van der Waals surface area contributed by atoms with Crippen LogP contribution in [0, 0.1) is 9.52 Å². The lowest BCUT2D eigenvalue weighted by atomic mass is 10.2. The number of pyridine rings is 1. The Hall–Kier alpha value is -0.430. The zero-order valence-corrected chi connectivity index (χ0v) is 10.1. The maximum absolute atomic E-state index is 13.1. The van der Waals surface area contributed by atoms with Gasteiger partial charge in [-0.15, -0.1) is 0 Å². The highest BCUT2D eigenvalue weighted by atomic mass is 127. The van der Waals surface area contributed by atoms with Crippen LogP contribution in [0.5, 0.6) is 0 Å². The van der Waals surface area contributed by atoms with Gasteiger partial charge >= 0.3 is 0 Å². The molecule has 1 aromatic heterocycles. The molecule has 2 bridgehead atoms. The van der Waals surface area contributed by atoms with Crippen LogP contribution in [0.25, 0.3) is 0 Å². The molecule has 0 unspecified atom stereocenters. The fourth-order valence-electron chi connectivity index (χ4n) is 2.28. The predicted molar refractivity (Wildman–Crippen MR) is 62.4 cm³/mol. The summed E-state index contributed by atoms with van der Waals surface area (Å²) in [5, 5.41) is 0. The van der Waals surface area contributed by atoms with Crippen LogP contribution in [-0.4, -0.2) is 30.3 Å².